The second-order valence-corrected chi connectivity index (χ2v) is 4.23. The minimum Gasteiger partial charge on any atom is -0.387 e. The molecule has 1 fully saturated rings. The summed E-state index contributed by atoms with van der Waals surface area (Å²) < 4.78 is 12.7. The van der Waals surface area contributed by atoms with E-state index >= 15 is 0 Å². The topological polar surface area (TPSA) is 32.3 Å². The van der Waals surface area contributed by atoms with Crippen LogP contribution in [-0.4, -0.2) is 17.2 Å². The van der Waals surface area contributed by atoms with E-state index in [-0.39, 0.29) is 11.9 Å². The highest BCUT2D eigenvalue weighted by molar-refractivity contribution is 5.19. The normalized spacial score (nSPS) is 19.9. The van der Waals surface area contributed by atoms with Gasteiger partial charge in [0.25, 0.3) is 0 Å². The first-order valence-corrected chi connectivity index (χ1v) is 5.36. The molecule has 15 heavy (non-hydrogen) atoms. The lowest BCUT2D eigenvalue weighted by Crippen LogP contribution is -2.33. The van der Waals surface area contributed by atoms with Gasteiger partial charge >= 0.3 is 0 Å². The average molecular weight is 209 g/mol. The minimum atomic E-state index is -0.564. The molecule has 1 aliphatic rings. The Labute approximate surface area is 89.1 Å². The number of nitrogens with one attached hydrogen (secondary N) is 1. The van der Waals surface area contributed by atoms with Gasteiger partial charge in [-0.15, -0.1) is 0 Å². The van der Waals surface area contributed by atoms with Crippen molar-refractivity contribution in [2.24, 2.45) is 0 Å². The van der Waals surface area contributed by atoms with Crippen molar-refractivity contribution in [1.82, 2.24) is 5.32 Å². The summed E-state index contributed by atoms with van der Waals surface area (Å²) in [7, 11) is 0. The molecule has 0 spiro atoms. The summed E-state index contributed by atoms with van der Waals surface area (Å²) in [6.07, 6.45) is 1.83. The summed E-state index contributed by atoms with van der Waals surface area (Å²) in [5.41, 5.74) is 0.761. The third kappa shape index (κ3) is 2.76. The quantitative estimate of drug-likeness (QED) is 0.795. The van der Waals surface area contributed by atoms with Crippen LogP contribution in [0, 0.1) is 5.82 Å². The van der Waals surface area contributed by atoms with Gasteiger partial charge in [0.1, 0.15) is 5.82 Å². The maximum atomic E-state index is 12.7. The van der Waals surface area contributed by atoms with Crippen LogP contribution in [0.15, 0.2) is 24.3 Å². The second kappa shape index (κ2) is 4.29. The summed E-state index contributed by atoms with van der Waals surface area (Å²) in [4.78, 5) is 0. The van der Waals surface area contributed by atoms with Gasteiger partial charge in [0.05, 0.1) is 6.10 Å². The fourth-order valence-electron chi connectivity index (χ4n) is 1.66. The number of rotatable bonds is 4. The third-order valence-electron chi connectivity index (χ3n) is 2.76. The van der Waals surface area contributed by atoms with Crippen molar-refractivity contribution in [3.63, 3.8) is 0 Å². The van der Waals surface area contributed by atoms with Crippen LogP contribution < -0.4 is 5.32 Å². The highest BCUT2D eigenvalue weighted by atomic mass is 19.1. The Hall–Kier alpha value is -0.930. The maximum Gasteiger partial charge on any atom is 0.123 e. The smallest absolute Gasteiger partial charge is 0.123 e. The fourth-order valence-corrected chi connectivity index (χ4v) is 1.66. The van der Waals surface area contributed by atoms with Crippen molar-refractivity contribution in [2.75, 3.05) is 0 Å². The molecule has 0 saturated heterocycles. The summed E-state index contributed by atoms with van der Waals surface area (Å²) in [5, 5.41) is 13.3. The molecule has 3 heteroatoms. The molecule has 82 valence electrons. The molecule has 0 aliphatic heterocycles. The van der Waals surface area contributed by atoms with E-state index in [2.05, 4.69) is 5.32 Å². The van der Waals surface area contributed by atoms with Crippen molar-refractivity contribution in [3.05, 3.63) is 35.6 Å². The highest BCUT2D eigenvalue weighted by Crippen LogP contribution is 2.23. The van der Waals surface area contributed by atoms with Gasteiger partial charge in [-0.3, -0.25) is 0 Å². The Morgan fingerprint density at radius 1 is 1.33 bits per heavy atom. The Bertz CT molecular complexity index is 321. The van der Waals surface area contributed by atoms with Crippen LogP contribution in [0.3, 0.4) is 0 Å². The van der Waals surface area contributed by atoms with E-state index in [4.69, 9.17) is 0 Å². The van der Waals surface area contributed by atoms with E-state index < -0.39 is 6.10 Å². The fraction of sp³-hybridized carbons (Fsp3) is 0.500. The molecule has 2 nitrogen and oxygen atoms in total. The Kier molecular flexibility index (Phi) is 3.03. The number of aliphatic hydroxyl groups excluding tert-OH is 1. The van der Waals surface area contributed by atoms with Gasteiger partial charge in [0, 0.05) is 12.1 Å². The van der Waals surface area contributed by atoms with Crippen molar-refractivity contribution in [2.45, 2.75) is 38.0 Å². The standard InChI is InChI=1S/C12H16FNO/c1-8(14-11-6-7-11)12(15)9-2-4-10(13)5-3-9/h2-5,8,11-12,14-15H,6-7H2,1H3. The Morgan fingerprint density at radius 3 is 2.47 bits per heavy atom. The lowest BCUT2D eigenvalue weighted by molar-refractivity contribution is 0.135. The monoisotopic (exact) mass is 209 g/mol. The van der Waals surface area contributed by atoms with E-state index in [9.17, 15) is 9.50 Å². The van der Waals surface area contributed by atoms with Crippen LogP contribution >= 0.6 is 0 Å². The van der Waals surface area contributed by atoms with E-state index in [1.165, 1.54) is 25.0 Å². The molecule has 1 aromatic rings. The van der Waals surface area contributed by atoms with Crippen molar-refractivity contribution in [3.8, 4) is 0 Å². The summed E-state index contributed by atoms with van der Waals surface area (Å²) in [6.45, 7) is 1.95. The molecule has 0 radical (unpaired) electrons. The zero-order valence-electron chi connectivity index (χ0n) is 8.78. The number of halogens is 1. The minimum absolute atomic E-state index is 0.0166. The van der Waals surface area contributed by atoms with Gasteiger partial charge in [-0.25, -0.2) is 4.39 Å². The largest absolute Gasteiger partial charge is 0.387 e. The zero-order chi connectivity index (χ0) is 10.8. The Balaban J connectivity index is 1.98. The molecule has 1 saturated carbocycles. The lowest BCUT2D eigenvalue weighted by Gasteiger charge is -2.20. The molecular weight excluding hydrogens is 193 g/mol. The molecule has 0 aromatic heterocycles. The van der Waals surface area contributed by atoms with Crippen LogP contribution in [0.5, 0.6) is 0 Å². The molecule has 0 amide bonds. The average Bonchev–Trinajstić information content (AvgIpc) is 3.02. The molecule has 0 bridgehead atoms. The lowest BCUT2D eigenvalue weighted by atomic mass is 10.0. The first kappa shape index (κ1) is 10.6. The maximum absolute atomic E-state index is 12.7. The first-order valence-electron chi connectivity index (χ1n) is 5.36. The Morgan fingerprint density at radius 2 is 1.93 bits per heavy atom. The van der Waals surface area contributed by atoms with E-state index in [0.717, 1.165) is 5.56 Å². The van der Waals surface area contributed by atoms with Gasteiger partial charge in [-0.05, 0) is 37.5 Å². The molecular formula is C12H16FNO. The van der Waals surface area contributed by atoms with Gasteiger partial charge in [-0.1, -0.05) is 12.1 Å². The van der Waals surface area contributed by atoms with E-state index in [1.807, 2.05) is 6.92 Å². The molecule has 0 heterocycles. The SMILES string of the molecule is CC(NC1CC1)C(O)c1ccc(F)cc1. The van der Waals surface area contributed by atoms with Crippen molar-refractivity contribution < 1.29 is 9.50 Å². The molecule has 1 aromatic carbocycles. The second-order valence-electron chi connectivity index (χ2n) is 4.23. The van der Waals surface area contributed by atoms with Crippen molar-refractivity contribution >= 4 is 0 Å². The molecule has 2 rings (SSSR count). The number of hydrogen-bond acceptors (Lipinski definition) is 2. The predicted octanol–water partition coefficient (Wildman–Crippen LogP) is 2.00. The summed E-state index contributed by atoms with van der Waals surface area (Å²) in [5.74, 6) is -0.270. The van der Waals surface area contributed by atoms with Crippen LogP contribution in [-0.2, 0) is 0 Å². The molecule has 1 aliphatic carbocycles. The zero-order valence-corrected chi connectivity index (χ0v) is 8.78. The third-order valence-corrected chi connectivity index (χ3v) is 2.76. The molecule has 2 atom stereocenters. The van der Waals surface area contributed by atoms with Gasteiger partial charge in [-0.2, -0.15) is 0 Å². The van der Waals surface area contributed by atoms with Gasteiger partial charge in [0.2, 0.25) is 0 Å². The van der Waals surface area contributed by atoms with Gasteiger partial charge < -0.3 is 10.4 Å². The predicted molar refractivity (Wildman–Crippen MR) is 57.0 cm³/mol. The number of aliphatic hydroxyl groups is 1. The summed E-state index contributed by atoms with van der Waals surface area (Å²) >= 11 is 0. The molecule has 2 unspecified atom stereocenters. The first-order chi connectivity index (χ1) is 7.16. The number of hydrogen-bond donors (Lipinski definition) is 2. The number of benzene rings is 1. The van der Waals surface area contributed by atoms with Gasteiger partial charge in [0.15, 0.2) is 0 Å². The van der Waals surface area contributed by atoms with E-state index in [0.29, 0.717) is 6.04 Å². The van der Waals surface area contributed by atoms with Crippen LogP contribution in [0.2, 0.25) is 0 Å². The van der Waals surface area contributed by atoms with Crippen LogP contribution in [0.4, 0.5) is 4.39 Å². The van der Waals surface area contributed by atoms with Crippen molar-refractivity contribution in [1.29, 1.82) is 0 Å². The summed E-state index contributed by atoms with van der Waals surface area (Å²) in [6, 6.07) is 6.60. The van der Waals surface area contributed by atoms with Crippen LogP contribution in [0.1, 0.15) is 31.4 Å². The molecule has 2 N–H and O–H groups in total. The van der Waals surface area contributed by atoms with E-state index in [1.54, 1.807) is 12.1 Å². The van der Waals surface area contributed by atoms with Crippen LogP contribution in [0.25, 0.3) is 0 Å². The highest BCUT2D eigenvalue weighted by Gasteiger charge is 2.26.